The number of likely N-dealkylation sites (tertiary alicyclic amines) is 1. The lowest BCUT2D eigenvalue weighted by atomic mass is 9.75. The molecular weight excluding hydrogens is 232 g/mol. The number of hydrogen-bond donors (Lipinski definition) is 0. The summed E-state index contributed by atoms with van der Waals surface area (Å²) in [4.78, 5) is 2.52. The van der Waals surface area contributed by atoms with Crippen molar-refractivity contribution < 1.29 is 0 Å². The maximum Gasteiger partial charge on any atom is 0.0662 e. The summed E-state index contributed by atoms with van der Waals surface area (Å²) in [5.41, 5.74) is 2.63. The van der Waals surface area contributed by atoms with Crippen molar-refractivity contribution in [3.05, 3.63) is 48.0 Å². The smallest absolute Gasteiger partial charge is 0.0662 e. The lowest BCUT2D eigenvalue weighted by molar-refractivity contribution is 0.157. The van der Waals surface area contributed by atoms with Gasteiger partial charge < -0.3 is 0 Å². The van der Waals surface area contributed by atoms with Gasteiger partial charge in [-0.15, -0.1) is 0 Å². The van der Waals surface area contributed by atoms with Crippen molar-refractivity contribution in [3.63, 3.8) is 0 Å². The summed E-state index contributed by atoms with van der Waals surface area (Å²) in [6.45, 7) is 6.18. The van der Waals surface area contributed by atoms with Crippen LogP contribution in [0.4, 0.5) is 0 Å². The van der Waals surface area contributed by atoms with E-state index in [1.165, 1.54) is 24.0 Å². The largest absolute Gasteiger partial charge is 0.292 e. The van der Waals surface area contributed by atoms with E-state index in [0.717, 1.165) is 19.5 Å². The fourth-order valence-electron chi connectivity index (χ4n) is 3.76. The molecule has 0 amide bonds. The summed E-state index contributed by atoms with van der Waals surface area (Å²) in [5.74, 6) is 0.592. The van der Waals surface area contributed by atoms with Gasteiger partial charge >= 0.3 is 0 Å². The van der Waals surface area contributed by atoms with Crippen LogP contribution in [0.5, 0.6) is 0 Å². The summed E-state index contributed by atoms with van der Waals surface area (Å²) in [5, 5.41) is 9.32. The van der Waals surface area contributed by atoms with Gasteiger partial charge in [0.1, 0.15) is 0 Å². The summed E-state index contributed by atoms with van der Waals surface area (Å²) in [6, 6.07) is 13.6. The van der Waals surface area contributed by atoms with Crippen molar-refractivity contribution in [1.29, 1.82) is 5.26 Å². The van der Waals surface area contributed by atoms with Crippen molar-refractivity contribution in [2.75, 3.05) is 6.54 Å². The van der Waals surface area contributed by atoms with Gasteiger partial charge in [-0.05, 0) is 18.4 Å². The van der Waals surface area contributed by atoms with Crippen molar-refractivity contribution in [3.8, 4) is 6.07 Å². The molecule has 0 aromatic heterocycles. The van der Waals surface area contributed by atoms with Crippen LogP contribution in [0.3, 0.4) is 0 Å². The van der Waals surface area contributed by atoms with E-state index in [-0.39, 0.29) is 5.92 Å². The predicted molar refractivity (Wildman–Crippen MR) is 76.2 cm³/mol. The Bertz CT molecular complexity index is 500. The fourth-order valence-corrected chi connectivity index (χ4v) is 3.76. The zero-order chi connectivity index (χ0) is 13.2. The van der Waals surface area contributed by atoms with Crippen LogP contribution >= 0.6 is 0 Å². The summed E-state index contributed by atoms with van der Waals surface area (Å²) < 4.78 is 0. The molecule has 1 heterocycles. The fraction of sp³-hybridized carbons (Fsp3) is 0.471. The van der Waals surface area contributed by atoms with Crippen LogP contribution in [0, 0.1) is 23.2 Å². The highest BCUT2D eigenvalue weighted by molar-refractivity contribution is 5.22. The Kier molecular flexibility index (Phi) is 3.40. The van der Waals surface area contributed by atoms with Crippen molar-refractivity contribution in [1.82, 2.24) is 4.90 Å². The van der Waals surface area contributed by atoms with E-state index in [1.807, 2.05) is 0 Å². The zero-order valence-corrected chi connectivity index (χ0v) is 11.3. The molecule has 3 rings (SSSR count). The van der Waals surface area contributed by atoms with E-state index in [1.54, 1.807) is 0 Å². The van der Waals surface area contributed by atoms with E-state index >= 15 is 0 Å². The lowest BCUT2D eigenvalue weighted by Crippen LogP contribution is -2.37. The van der Waals surface area contributed by atoms with E-state index < -0.39 is 0 Å². The van der Waals surface area contributed by atoms with Gasteiger partial charge in [0.15, 0.2) is 0 Å². The molecule has 3 atom stereocenters. The lowest BCUT2D eigenvalue weighted by Gasteiger charge is -2.34. The van der Waals surface area contributed by atoms with Gasteiger partial charge in [-0.25, -0.2) is 0 Å². The summed E-state index contributed by atoms with van der Waals surface area (Å²) in [6.07, 6.45) is 3.45. The minimum Gasteiger partial charge on any atom is -0.292 e. The number of nitrogens with zero attached hydrogens (tertiary/aromatic N) is 2. The molecule has 0 radical (unpaired) electrons. The molecule has 2 fully saturated rings. The van der Waals surface area contributed by atoms with Crippen LogP contribution in [-0.2, 0) is 6.54 Å². The normalized spacial score (nSPS) is 30.9. The van der Waals surface area contributed by atoms with Crippen LogP contribution in [0.25, 0.3) is 0 Å². The Balaban J connectivity index is 1.78. The van der Waals surface area contributed by atoms with E-state index in [2.05, 4.69) is 47.9 Å². The van der Waals surface area contributed by atoms with Gasteiger partial charge in [0.2, 0.25) is 0 Å². The molecular formula is C17H20N2. The van der Waals surface area contributed by atoms with Crippen molar-refractivity contribution in [2.24, 2.45) is 11.8 Å². The molecule has 1 aromatic rings. The molecule has 0 spiro atoms. The Labute approximate surface area is 115 Å². The highest BCUT2D eigenvalue weighted by Gasteiger charge is 2.43. The number of hydrogen-bond acceptors (Lipinski definition) is 2. The van der Waals surface area contributed by atoms with Gasteiger partial charge in [0.25, 0.3) is 0 Å². The number of fused-ring (bicyclic) bond motifs is 1. The highest BCUT2D eigenvalue weighted by atomic mass is 15.2. The second-order valence-corrected chi connectivity index (χ2v) is 5.81. The summed E-state index contributed by atoms with van der Waals surface area (Å²) >= 11 is 0. The average Bonchev–Trinajstić information content (AvgIpc) is 2.77. The van der Waals surface area contributed by atoms with Crippen molar-refractivity contribution in [2.45, 2.75) is 31.8 Å². The van der Waals surface area contributed by atoms with Gasteiger partial charge in [0.05, 0.1) is 12.0 Å². The van der Waals surface area contributed by atoms with E-state index in [4.69, 9.17) is 0 Å². The molecule has 98 valence electrons. The molecule has 1 aliphatic carbocycles. The minimum atomic E-state index is 0.187. The Morgan fingerprint density at radius 3 is 2.79 bits per heavy atom. The molecule has 0 unspecified atom stereocenters. The quantitative estimate of drug-likeness (QED) is 0.755. The minimum absolute atomic E-state index is 0.187. The first-order chi connectivity index (χ1) is 9.29. The van der Waals surface area contributed by atoms with E-state index in [0.29, 0.717) is 12.0 Å². The standard InChI is InChI=1S/C17H20N2/c1-13-11-19(12-14-6-3-2-4-7-14)16-9-5-8-15(10-18)17(13)16/h2-4,6-7,15-17H,1,5,8-9,11-12H2/t15-,16-,17+/m0/s1. The molecule has 2 heteroatoms. The van der Waals surface area contributed by atoms with Gasteiger partial charge in [-0.2, -0.15) is 5.26 Å². The SMILES string of the molecule is C=C1CN(Cc2ccccc2)[C@H]2CCC[C@@H](C#N)[C@@H]12. The van der Waals surface area contributed by atoms with Crippen molar-refractivity contribution >= 4 is 0 Å². The van der Waals surface area contributed by atoms with Crippen LogP contribution in [0.1, 0.15) is 24.8 Å². The number of rotatable bonds is 2. The zero-order valence-electron chi connectivity index (χ0n) is 11.3. The Morgan fingerprint density at radius 2 is 2.05 bits per heavy atom. The third-order valence-corrected chi connectivity index (χ3v) is 4.60. The molecule has 0 bridgehead atoms. The highest BCUT2D eigenvalue weighted by Crippen LogP contribution is 2.42. The van der Waals surface area contributed by atoms with E-state index in [9.17, 15) is 5.26 Å². The topological polar surface area (TPSA) is 27.0 Å². The maximum atomic E-state index is 9.32. The monoisotopic (exact) mass is 252 g/mol. The maximum absolute atomic E-state index is 9.32. The number of benzene rings is 1. The second-order valence-electron chi connectivity index (χ2n) is 5.81. The van der Waals surface area contributed by atoms with Gasteiger partial charge in [-0.1, -0.05) is 48.9 Å². The molecule has 1 aromatic carbocycles. The Hall–Kier alpha value is -1.59. The third kappa shape index (κ3) is 2.31. The van der Waals surface area contributed by atoms with Gasteiger partial charge in [0, 0.05) is 25.0 Å². The molecule has 1 saturated carbocycles. The second kappa shape index (κ2) is 5.19. The van der Waals surface area contributed by atoms with Gasteiger partial charge in [-0.3, -0.25) is 4.90 Å². The van der Waals surface area contributed by atoms with Crippen LogP contribution in [0.2, 0.25) is 0 Å². The average molecular weight is 252 g/mol. The van der Waals surface area contributed by atoms with Crippen LogP contribution in [0.15, 0.2) is 42.5 Å². The molecule has 1 aliphatic heterocycles. The molecule has 0 N–H and O–H groups in total. The summed E-state index contributed by atoms with van der Waals surface area (Å²) in [7, 11) is 0. The molecule has 1 saturated heterocycles. The first kappa shape index (κ1) is 12.4. The van der Waals surface area contributed by atoms with Crippen LogP contribution in [-0.4, -0.2) is 17.5 Å². The molecule has 19 heavy (non-hydrogen) atoms. The number of nitriles is 1. The van der Waals surface area contributed by atoms with Crippen LogP contribution < -0.4 is 0 Å². The third-order valence-electron chi connectivity index (χ3n) is 4.60. The first-order valence-electron chi connectivity index (χ1n) is 7.15. The molecule has 2 nitrogen and oxygen atoms in total. The first-order valence-corrected chi connectivity index (χ1v) is 7.15. The Morgan fingerprint density at radius 1 is 1.26 bits per heavy atom. The molecule has 2 aliphatic rings. The predicted octanol–water partition coefficient (Wildman–Crippen LogP) is 3.37.